The topological polar surface area (TPSA) is 86.9 Å². The lowest BCUT2D eigenvalue weighted by Gasteiger charge is -2.10. The van der Waals surface area contributed by atoms with Crippen molar-refractivity contribution in [2.45, 2.75) is 20.0 Å². The van der Waals surface area contributed by atoms with Crippen LogP contribution < -0.4 is 10.1 Å². The van der Waals surface area contributed by atoms with E-state index in [0.29, 0.717) is 17.2 Å². The molecule has 0 aliphatic heterocycles. The molecule has 1 amide bonds. The lowest BCUT2D eigenvalue weighted by atomic mass is 10.2. The number of carbonyl (C=O) groups excluding carboxylic acids is 1. The van der Waals surface area contributed by atoms with E-state index < -0.39 is 0 Å². The summed E-state index contributed by atoms with van der Waals surface area (Å²) in [4.78, 5) is 21.7. The number of amides is 1. The molecule has 8 heteroatoms. The molecule has 4 aromatic rings. The van der Waals surface area contributed by atoms with E-state index in [-0.39, 0.29) is 12.0 Å². The fraction of sp³-hybridized carbons (Fsp3) is 0.217. The van der Waals surface area contributed by atoms with Crippen LogP contribution in [0.5, 0.6) is 5.75 Å². The summed E-state index contributed by atoms with van der Waals surface area (Å²) < 4.78 is 9.15. The zero-order valence-corrected chi connectivity index (χ0v) is 17.9. The molecular weight excluding hydrogens is 392 g/mol. The van der Waals surface area contributed by atoms with E-state index in [1.165, 1.54) is 0 Å². The molecule has 0 atom stereocenters. The second kappa shape index (κ2) is 8.43. The Kier molecular flexibility index (Phi) is 5.53. The smallest absolute Gasteiger partial charge is 0.272 e. The molecule has 4 rings (SSSR count). The van der Waals surface area contributed by atoms with Crippen molar-refractivity contribution in [2.75, 3.05) is 5.32 Å². The summed E-state index contributed by atoms with van der Waals surface area (Å²) in [5, 5.41) is 7.06. The van der Waals surface area contributed by atoms with Crippen molar-refractivity contribution in [3.05, 3.63) is 66.9 Å². The fourth-order valence-corrected chi connectivity index (χ4v) is 3.23. The van der Waals surface area contributed by atoms with Gasteiger partial charge in [0.25, 0.3) is 5.91 Å². The number of hydrogen-bond donors (Lipinski definition) is 1. The van der Waals surface area contributed by atoms with Crippen LogP contribution in [0, 0.1) is 0 Å². The minimum Gasteiger partial charge on any atom is -0.491 e. The summed E-state index contributed by atoms with van der Waals surface area (Å²) in [6, 6.07) is 11.0. The lowest BCUT2D eigenvalue weighted by molar-refractivity contribution is 0.101. The maximum atomic E-state index is 12.8. The molecule has 3 aromatic heterocycles. The predicted octanol–water partition coefficient (Wildman–Crippen LogP) is 3.92. The summed E-state index contributed by atoms with van der Waals surface area (Å²) in [6.45, 7) is 3.94. The summed E-state index contributed by atoms with van der Waals surface area (Å²) in [5.74, 6) is 1.17. The van der Waals surface area contributed by atoms with Crippen LogP contribution in [0.3, 0.4) is 0 Å². The summed E-state index contributed by atoms with van der Waals surface area (Å²) in [5.41, 5.74) is 3.77. The molecule has 0 bridgehead atoms. The third-order valence-corrected chi connectivity index (χ3v) is 4.76. The van der Waals surface area contributed by atoms with Gasteiger partial charge < -0.3 is 14.6 Å². The third kappa shape index (κ3) is 4.48. The normalized spacial score (nSPS) is 11.0. The molecule has 0 spiro atoms. The van der Waals surface area contributed by atoms with E-state index >= 15 is 0 Å². The van der Waals surface area contributed by atoms with Crippen molar-refractivity contribution in [2.24, 2.45) is 14.1 Å². The molecule has 0 saturated heterocycles. The number of nitrogens with zero attached hydrogens (tertiary/aromatic N) is 5. The number of aryl methyl sites for hydroxylation is 2. The maximum Gasteiger partial charge on any atom is 0.272 e. The van der Waals surface area contributed by atoms with E-state index in [2.05, 4.69) is 20.4 Å². The van der Waals surface area contributed by atoms with Crippen LogP contribution in [0.15, 0.2) is 61.2 Å². The van der Waals surface area contributed by atoms with Crippen LogP contribution in [-0.2, 0) is 14.1 Å². The third-order valence-electron chi connectivity index (χ3n) is 4.76. The molecular formula is C23H24N6O2. The highest BCUT2D eigenvalue weighted by Crippen LogP contribution is 2.23. The average molecular weight is 416 g/mol. The van der Waals surface area contributed by atoms with Gasteiger partial charge in [-0.15, -0.1) is 0 Å². The number of carbonyl (C=O) groups is 1. The van der Waals surface area contributed by atoms with Crippen molar-refractivity contribution >= 4 is 11.6 Å². The summed E-state index contributed by atoms with van der Waals surface area (Å²) >= 11 is 0. The van der Waals surface area contributed by atoms with Crippen LogP contribution in [0.2, 0.25) is 0 Å². The molecule has 8 nitrogen and oxygen atoms in total. The van der Waals surface area contributed by atoms with Crippen LogP contribution in [0.4, 0.5) is 5.69 Å². The molecule has 0 radical (unpaired) electrons. The fourth-order valence-electron chi connectivity index (χ4n) is 3.23. The van der Waals surface area contributed by atoms with E-state index in [1.807, 2.05) is 70.5 Å². The standard InChI is InChI=1S/C23H24N6O2/c1-15(2)31-19-7-5-18(6-8-19)27-23(30)21-11-16(14-28(21)3)17-12-24-22(25-13-17)20-9-10-26-29(20)4/h5-15H,1-4H3,(H,27,30). The molecule has 0 aliphatic rings. The quantitative estimate of drug-likeness (QED) is 0.515. The number of hydrogen-bond acceptors (Lipinski definition) is 5. The Bertz CT molecular complexity index is 1190. The van der Waals surface area contributed by atoms with Gasteiger partial charge in [0.15, 0.2) is 5.82 Å². The monoisotopic (exact) mass is 416 g/mol. The van der Waals surface area contributed by atoms with Gasteiger partial charge >= 0.3 is 0 Å². The SMILES string of the molecule is CC(C)Oc1ccc(NC(=O)c2cc(-c3cnc(-c4ccnn4C)nc3)cn2C)cc1. The average Bonchev–Trinajstić information content (AvgIpc) is 3.35. The highest BCUT2D eigenvalue weighted by atomic mass is 16.5. The van der Waals surface area contributed by atoms with Crippen molar-refractivity contribution in [3.63, 3.8) is 0 Å². The molecule has 0 saturated carbocycles. The number of ether oxygens (including phenoxy) is 1. The molecule has 1 aromatic carbocycles. The maximum absolute atomic E-state index is 12.8. The first kappa shape index (κ1) is 20.3. The zero-order valence-electron chi connectivity index (χ0n) is 17.9. The number of anilines is 1. The van der Waals surface area contributed by atoms with Gasteiger partial charge in [0.05, 0.1) is 6.10 Å². The van der Waals surface area contributed by atoms with Crippen LogP contribution in [-0.4, -0.2) is 36.3 Å². The molecule has 158 valence electrons. The van der Waals surface area contributed by atoms with E-state index in [0.717, 1.165) is 22.6 Å². The first-order chi connectivity index (χ1) is 14.9. The lowest BCUT2D eigenvalue weighted by Crippen LogP contribution is -2.15. The largest absolute Gasteiger partial charge is 0.491 e. The first-order valence-corrected chi connectivity index (χ1v) is 9.96. The molecule has 0 aliphatic carbocycles. The summed E-state index contributed by atoms with van der Waals surface area (Å²) in [7, 11) is 3.68. The van der Waals surface area contributed by atoms with E-state index in [4.69, 9.17) is 4.74 Å². The van der Waals surface area contributed by atoms with Crippen molar-refractivity contribution in [1.82, 2.24) is 24.3 Å². The van der Waals surface area contributed by atoms with Gasteiger partial charge in [-0.05, 0) is 50.2 Å². The van der Waals surface area contributed by atoms with Crippen LogP contribution in [0.1, 0.15) is 24.3 Å². The predicted molar refractivity (Wildman–Crippen MR) is 119 cm³/mol. The van der Waals surface area contributed by atoms with Gasteiger partial charge in [-0.1, -0.05) is 0 Å². The van der Waals surface area contributed by atoms with Crippen LogP contribution in [0.25, 0.3) is 22.6 Å². The van der Waals surface area contributed by atoms with Crippen molar-refractivity contribution < 1.29 is 9.53 Å². The molecule has 31 heavy (non-hydrogen) atoms. The van der Waals surface area contributed by atoms with Crippen molar-refractivity contribution in [3.8, 4) is 28.4 Å². The van der Waals surface area contributed by atoms with Gasteiger partial charge in [-0.3, -0.25) is 9.48 Å². The van der Waals surface area contributed by atoms with E-state index in [9.17, 15) is 4.79 Å². The van der Waals surface area contributed by atoms with Gasteiger partial charge in [0.1, 0.15) is 17.1 Å². The highest BCUT2D eigenvalue weighted by Gasteiger charge is 2.14. The highest BCUT2D eigenvalue weighted by molar-refractivity contribution is 6.04. The second-order valence-corrected chi connectivity index (χ2v) is 7.51. The van der Waals surface area contributed by atoms with Gasteiger partial charge in [-0.2, -0.15) is 5.10 Å². The Morgan fingerprint density at radius 1 is 1.03 bits per heavy atom. The molecule has 1 N–H and O–H groups in total. The molecule has 3 heterocycles. The second-order valence-electron chi connectivity index (χ2n) is 7.51. The van der Waals surface area contributed by atoms with Crippen LogP contribution >= 0.6 is 0 Å². The Morgan fingerprint density at radius 3 is 2.35 bits per heavy atom. The zero-order chi connectivity index (χ0) is 22.0. The Labute approximate surface area is 180 Å². The number of benzene rings is 1. The number of rotatable bonds is 6. The minimum atomic E-state index is -0.196. The molecule has 0 fully saturated rings. The van der Waals surface area contributed by atoms with Gasteiger partial charge in [0.2, 0.25) is 0 Å². The van der Waals surface area contributed by atoms with E-state index in [1.54, 1.807) is 27.8 Å². The van der Waals surface area contributed by atoms with Crippen molar-refractivity contribution in [1.29, 1.82) is 0 Å². The number of nitrogens with one attached hydrogen (secondary N) is 1. The summed E-state index contributed by atoms with van der Waals surface area (Å²) in [6.07, 6.45) is 7.19. The number of aromatic nitrogens is 5. The minimum absolute atomic E-state index is 0.101. The van der Waals surface area contributed by atoms with Gasteiger partial charge in [-0.25, -0.2) is 9.97 Å². The van der Waals surface area contributed by atoms with Gasteiger partial charge in [0, 0.05) is 55.7 Å². The Morgan fingerprint density at radius 2 is 1.74 bits per heavy atom. The molecule has 0 unspecified atom stereocenters. The Hall–Kier alpha value is -3.94. The first-order valence-electron chi connectivity index (χ1n) is 9.96. The Balaban J connectivity index is 1.49.